The molecule has 0 radical (unpaired) electrons. The van der Waals surface area contributed by atoms with Gasteiger partial charge in [0.05, 0.1) is 12.6 Å². The van der Waals surface area contributed by atoms with E-state index in [1.54, 1.807) is 4.90 Å². The van der Waals surface area contributed by atoms with Gasteiger partial charge in [0.1, 0.15) is 0 Å². The Morgan fingerprint density at radius 1 is 1.21 bits per heavy atom. The first kappa shape index (κ1) is 18.3. The molecule has 3 amide bonds. The number of benzene rings is 1. The topological polar surface area (TPSA) is 81.7 Å². The number of anilines is 1. The molecular weight excluding hydrogens is 306 g/mol. The molecule has 1 aromatic rings. The molecule has 0 spiro atoms. The van der Waals surface area contributed by atoms with Crippen LogP contribution in [-0.2, 0) is 11.2 Å². The average molecular weight is 333 g/mol. The zero-order chi connectivity index (χ0) is 17.5. The summed E-state index contributed by atoms with van der Waals surface area (Å²) in [4.78, 5) is 25.8. The number of nitrogens with one attached hydrogen (secondary N) is 2. The lowest BCUT2D eigenvalue weighted by Gasteiger charge is -2.21. The minimum Gasteiger partial charge on any atom is -0.391 e. The molecule has 0 bridgehead atoms. The van der Waals surface area contributed by atoms with Crippen molar-refractivity contribution >= 4 is 17.6 Å². The van der Waals surface area contributed by atoms with Crippen LogP contribution < -0.4 is 15.5 Å². The van der Waals surface area contributed by atoms with Gasteiger partial charge in [-0.2, -0.15) is 0 Å². The highest BCUT2D eigenvalue weighted by atomic mass is 16.3. The number of aliphatic hydroxyl groups is 1. The van der Waals surface area contributed by atoms with E-state index in [-0.39, 0.29) is 24.9 Å². The summed E-state index contributed by atoms with van der Waals surface area (Å²) in [5.74, 6) is 0.0451. The fraction of sp³-hybridized carbons (Fsp3) is 0.556. The highest BCUT2D eigenvalue weighted by Crippen LogP contribution is 2.27. The van der Waals surface area contributed by atoms with E-state index in [2.05, 4.69) is 10.6 Å². The molecule has 132 valence electrons. The number of nitrogens with zero attached hydrogens (tertiary/aromatic N) is 1. The highest BCUT2D eigenvalue weighted by Gasteiger charge is 2.24. The van der Waals surface area contributed by atoms with E-state index in [4.69, 9.17) is 0 Å². The Balaban J connectivity index is 1.75. The van der Waals surface area contributed by atoms with Crippen LogP contribution in [-0.4, -0.2) is 42.8 Å². The van der Waals surface area contributed by atoms with Crippen LogP contribution in [0, 0.1) is 5.92 Å². The maximum Gasteiger partial charge on any atom is 0.315 e. The predicted molar refractivity (Wildman–Crippen MR) is 94.0 cm³/mol. The molecule has 1 atom stereocenters. The SMILES string of the molecule is CCC(CC)C(O)CNC(=O)NCC(=O)N1CCc2ccccc21. The first-order valence-corrected chi connectivity index (χ1v) is 8.64. The molecular formula is C18H27N3O3. The fourth-order valence-electron chi connectivity index (χ4n) is 3.11. The van der Waals surface area contributed by atoms with Gasteiger partial charge in [0.25, 0.3) is 0 Å². The van der Waals surface area contributed by atoms with Crippen molar-refractivity contribution in [3.63, 3.8) is 0 Å². The van der Waals surface area contributed by atoms with Gasteiger partial charge in [-0.3, -0.25) is 4.79 Å². The minimum absolute atomic E-state index is 0.0543. The van der Waals surface area contributed by atoms with E-state index in [0.717, 1.165) is 30.5 Å². The number of hydrogen-bond acceptors (Lipinski definition) is 3. The number of fused-ring (bicyclic) bond motifs is 1. The maximum atomic E-state index is 12.3. The number of amides is 3. The molecule has 0 fully saturated rings. The van der Waals surface area contributed by atoms with Crippen molar-refractivity contribution in [2.24, 2.45) is 5.92 Å². The molecule has 6 heteroatoms. The van der Waals surface area contributed by atoms with Gasteiger partial charge in [-0.05, 0) is 24.0 Å². The Hall–Kier alpha value is -2.08. The molecule has 1 aromatic carbocycles. The van der Waals surface area contributed by atoms with Crippen LogP contribution in [0.4, 0.5) is 10.5 Å². The van der Waals surface area contributed by atoms with Crippen LogP contribution in [0.1, 0.15) is 32.3 Å². The summed E-state index contributed by atoms with van der Waals surface area (Å²) in [6, 6.07) is 7.38. The fourth-order valence-corrected chi connectivity index (χ4v) is 3.11. The Kier molecular flexibility index (Phi) is 6.61. The van der Waals surface area contributed by atoms with Crippen molar-refractivity contribution < 1.29 is 14.7 Å². The van der Waals surface area contributed by atoms with E-state index >= 15 is 0 Å². The number of carbonyl (C=O) groups excluding carboxylic acids is 2. The normalized spacial score (nSPS) is 14.4. The smallest absolute Gasteiger partial charge is 0.315 e. The van der Waals surface area contributed by atoms with Crippen LogP contribution in [0.3, 0.4) is 0 Å². The zero-order valence-electron chi connectivity index (χ0n) is 14.4. The lowest BCUT2D eigenvalue weighted by molar-refractivity contribution is -0.117. The van der Waals surface area contributed by atoms with Crippen LogP contribution in [0.2, 0.25) is 0 Å². The Labute approximate surface area is 143 Å². The molecule has 24 heavy (non-hydrogen) atoms. The summed E-state index contributed by atoms with van der Waals surface area (Å²) in [6.07, 6.45) is 2.02. The lowest BCUT2D eigenvalue weighted by atomic mass is 9.97. The molecule has 0 saturated carbocycles. The van der Waals surface area contributed by atoms with Gasteiger partial charge in [0, 0.05) is 18.8 Å². The average Bonchev–Trinajstić information content (AvgIpc) is 3.03. The largest absolute Gasteiger partial charge is 0.391 e. The quantitative estimate of drug-likeness (QED) is 0.710. The van der Waals surface area contributed by atoms with E-state index in [1.165, 1.54) is 0 Å². The highest BCUT2D eigenvalue weighted by molar-refractivity contribution is 5.98. The number of carbonyl (C=O) groups is 2. The third-order valence-electron chi connectivity index (χ3n) is 4.65. The molecule has 2 rings (SSSR count). The number of hydrogen-bond donors (Lipinski definition) is 3. The van der Waals surface area contributed by atoms with Crippen molar-refractivity contribution in [3.8, 4) is 0 Å². The number of aliphatic hydroxyl groups excluding tert-OH is 1. The van der Waals surface area contributed by atoms with E-state index in [9.17, 15) is 14.7 Å². The number of para-hydroxylation sites is 1. The number of rotatable bonds is 7. The maximum absolute atomic E-state index is 12.3. The molecule has 1 aliphatic rings. The van der Waals surface area contributed by atoms with Gasteiger partial charge in [0.2, 0.25) is 5.91 Å². The standard InChI is InChI=1S/C18H27N3O3/c1-3-13(4-2)16(22)11-19-18(24)20-12-17(23)21-10-9-14-7-5-6-8-15(14)21/h5-8,13,16,22H,3-4,9-12H2,1-2H3,(H2,19,20,24). The summed E-state index contributed by atoms with van der Waals surface area (Å²) in [5, 5.41) is 15.2. The van der Waals surface area contributed by atoms with E-state index < -0.39 is 12.1 Å². The third kappa shape index (κ3) is 4.47. The van der Waals surface area contributed by atoms with Crippen LogP contribution in [0.15, 0.2) is 24.3 Å². The van der Waals surface area contributed by atoms with Gasteiger partial charge in [-0.15, -0.1) is 0 Å². The number of urea groups is 1. The van der Waals surface area contributed by atoms with Crippen molar-refractivity contribution in [3.05, 3.63) is 29.8 Å². The summed E-state index contributed by atoms with van der Waals surface area (Å²) >= 11 is 0. The first-order chi connectivity index (χ1) is 11.6. The second-order valence-electron chi connectivity index (χ2n) is 6.13. The Bertz CT molecular complexity index is 572. The van der Waals surface area contributed by atoms with Crippen LogP contribution >= 0.6 is 0 Å². The van der Waals surface area contributed by atoms with Gasteiger partial charge < -0.3 is 20.6 Å². The van der Waals surface area contributed by atoms with Gasteiger partial charge in [-0.25, -0.2) is 4.79 Å². The summed E-state index contributed by atoms with van der Waals surface area (Å²) in [5.41, 5.74) is 2.08. The van der Waals surface area contributed by atoms with E-state index in [0.29, 0.717) is 6.54 Å². The molecule has 3 N–H and O–H groups in total. The molecule has 1 aliphatic heterocycles. The summed E-state index contributed by atoms with van der Waals surface area (Å²) in [6.45, 7) is 4.82. The van der Waals surface area contributed by atoms with Crippen molar-refractivity contribution in [2.75, 3.05) is 24.5 Å². The summed E-state index contributed by atoms with van der Waals surface area (Å²) < 4.78 is 0. The third-order valence-corrected chi connectivity index (χ3v) is 4.65. The van der Waals surface area contributed by atoms with Crippen molar-refractivity contribution in [1.29, 1.82) is 0 Å². The van der Waals surface area contributed by atoms with Crippen molar-refractivity contribution in [1.82, 2.24) is 10.6 Å². The predicted octanol–water partition coefficient (Wildman–Crippen LogP) is 1.67. The molecule has 1 unspecified atom stereocenters. The van der Waals surface area contributed by atoms with E-state index in [1.807, 2.05) is 38.1 Å². The van der Waals surface area contributed by atoms with Crippen LogP contribution in [0.5, 0.6) is 0 Å². The van der Waals surface area contributed by atoms with Crippen LogP contribution in [0.25, 0.3) is 0 Å². The molecule has 0 saturated heterocycles. The zero-order valence-corrected chi connectivity index (χ0v) is 14.4. The molecule has 0 aliphatic carbocycles. The molecule has 1 heterocycles. The Morgan fingerprint density at radius 2 is 1.92 bits per heavy atom. The lowest BCUT2D eigenvalue weighted by Crippen LogP contribution is -2.46. The second kappa shape index (κ2) is 8.68. The van der Waals surface area contributed by atoms with Gasteiger partial charge >= 0.3 is 6.03 Å². The first-order valence-electron chi connectivity index (χ1n) is 8.64. The molecule has 6 nitrogen and oxygen atoms in total. The minimum atomic E-state index is -0.563. The van der Waals surface area contributed by atoms with Crippen molar-refractivity contribution in [2.45, 2.75) is 39.2 Å². The van der Waals surface area contributed by atoms with Gasteiger partial charge in [-0.1, -0.05) is 44.9 Å². The second-order valence-corrected chi connectivity index (χ2v) is 6.13. The monoisotopic (exact) mass is 333 g/mol. The Morgan fingerprint density at radius 3 is 2.62 bits per heavy atom. The molecule has 0 aromatic heterocycles. The van der Waals surface area contributed by atoms with Gasteiger partial charge in [0.15, 0.2) is 0 Å². The summed E-state index contributed by atoms with van der Waals surface area (Å²) in [7, 11) is 0.